The van der Waals surface area contributed by atoms with E-state index in [9.17, 15) is 4.89 Å². The number of allylic oxidation sites excluding steroid dienone is 1. The molecular weight excluding hydrogens is 668 g/mol. The fourth-order valence-corrected chi connectivity index (χ4v) is 11.9. The lowest BCUT2D eigenvalue weighted by molar-refractivity contribution is -0.227. The number of hydrogen-bond acceptors (Lipinski definition) is 3. The molecule has 1 aromatic rings. The fourth-order valence-electron chi connectivity index (χ4n) is 11.1. The molecule has 0 aromatic heterocycles. The smallest absolute Gasteiger partial charge is 0.0914 e. The third-order valence-electron chi connectivity index (χ3n) is 12.8. The summed E-state index contributed by atoms with van der Waals surface area (Å²) in [6.45, 7) is 43.6. The molecule has 0 fully saturated rings. The first-order chi connectivity index (χ1) is 24.1. The first kappa shape index (κ1) is 48.4. The van der Waals surface area contributed by atoms with Crippen LogP contribution in [0.4, 0.5) is 0 Å². The summed E-state index contributed by atoms with van der Waals surface area (Å²) in [5.41, 5.74) is 2.74. The van der Waals surface area contributed by atoms with Crippen molar-refractivity contribution < 1.29 is 13.9 Å². The summed E-state index contributed by atoms with van der Waals surface area (Å²) < 4.78 is 13.2. The summed E-state index contributed by atoms with van der Waals surface area (Å²) in [5, 5.41) is 0. The van der Waals surface area contributed by atoms with Crippen LogP contribution in [0, 0.1) is 44.8 Å². The van der Waals surface area contributed by atoms with Gasteiger partial charge >= 0.3 is 0 Å². The van der Waals surface area contributed by atoms with Gasteiger partial charge in [0.1, 0.15) is 0 Å². The maximum Gasteiger partial charge on any atom is 0.0914 e. The van der Waals surface area contributed by atoms with Crippen LogP contribution >= 0.6 is 8.60 Å². The zero-order chi connectivity index (χ0) is 40.7. The van der Waals surface area contributed by atoms with E-state index in [1.165, 1.54) is 68.1 Å². The van der Waals surface area contributed by atoms with Crippen molar-refractivity contribution in [1.82, 2.24) is 0 Å². The number of unbranched alkanes of at least 4 members (excludes halogenated alkanes) is 9. The van der Waals surface area contributed by atoms with Crippen molar-refractivity contribution in [2.45, 2.75) is 220 Å². The summed E-state index contributed by atoms with van der Waals surface area (Å²) in [6, 6.07) is 9.12. The normalized spacial score (nSPS) is 22.9. The lowest BCUT2D eigenvalue weighted by Gasteiger charge is -2.68. The molecule has 53 heavy (non-hydrogen) atoms. The summed E-state index contributed by atoms with van der Waals surface area (Å²) in [7, 11) is -2.33. The molecule has 0 saturated heterocycles. The second-order valence-electron chi connectivity index (χ2n) is 23.0. The van der Waals surface area contributed by atoms with Crippen molar-refractivity contribution in [2.24, 2.45) is 37.9 Å². The average Bonchev–Trinajstić information content (AvgIpc) is 2.96. The Morgan fingerprint density at radius 2 is 1.15 bits per heavy atom. The Hall–Kier alpha value is -0.730. The third-order valence-corrected chi connectivity index (χ3v) is 13.5. The zero-order valence-electron chi connectivity index (χ0n) is 38.5. The minimum Gasteiger partial charge on any atom is -0.786 e. The molecule has 0 heterocycles. The molecule has 0 bridgehead atoms. The lowest BCUT2D eigenvalue weighted by atomic mass is 9.37. The van der Waals surface area contributed by atoms with E-state index in [0.29, 0.717) is 6.61 Å². The highest BCUT2D eigenvalue weighted by atomic mass is 31.2. The first-order valence-corrected chi connectivity index (χ1v) is 22.7. The van der Waals surface area contributed by atoms with Crippen LogP contribution in [-0.4, -0.2) is 12.7 Å². The van der Waals surface area contributed by atoms with Crippen LogP contribution in [0.3, 0.4) is 0 Å². The highest BCUT2D eigenvalue weighted by Gasteiger charge is 2.67. The minimum atomic E-state index is -2.33. The van der Waals surface area contributed by atoms with Crippen molar-refractivity contribution in [3.63, 3.8) is 0 Å². The van der Waals surface area contributed by atoms with Crippen LogP contribution < -0.4 is 4.89 Å². The molecule has 0 spiro atoms. The third kappa shape index (κ3) is 12.6. The highest BCUT2D eigenvalue weighted by Crippen LogP contribution is 2.71. The van der Waals surface area contributed by atoms with E-state index in [2.05, 4.69) is 155 Å². The van der Waals surface area contributed by atoms with E-state index in [-0.39, 0.29) is 44.0 Å². The van der Waals surface area contributed by atoms with E-state index in [4.69, 9.17) is 9.05 Å². The number of aryl methyl sites for hydroxylation is 1. The van der Waals surface area contributed by atoms with Gasteiger partial charge in [0.15, 0.2) is 0 Å². The molecular formula is C49H88O3P-. The maximum atomic E-state index is 14.2. The molecule has 0 saturated carbocycles. The van der Waals surface area contributed by atoms with Gasteiger partial charge in [0, 0.05) is 10.8 Å². The standard InChI is InChI=1S/C49H88O3P/c1-19-20-21-22-23-24-25-26-27-30-33-51-53(50)52-41-40(44(9,10)11)34-48(39-32-29-28-31-38(39)2,46(15,16)35-42(3,4)5)37-49(41,45(12,13)14)47(17,18)36-43(6,7)8/h28-29,31-32,34,41H,19-27,30,33,35-37H2,1-18H3/q-1. The molecule has 4 atom stereocenters. The van der Waals surface area contributed by atoms with Gasteiger partial charge in [0.05, 0.1) is 21.3 Å². The van der Waals surface area contributed by atoms with Gasteiger partial charge in [0.25, 0.3) is 0 Å². The Morgan fingerprint density at radius 3 is 1.60 bits per heavy atom. The van der Waals surface area contributed by atoms with Gasteiger partial charge in [0.2, 0.25) is 0 Å². The lowest BCUT2D eigenvalue weighted by Crippen LogP contribution is -2.65. The van der Waals surface area contributed by atoms with Crippen molar-refractivity contribution in [3.05, 3.63) is 47.0 Å². The van der Waals surface area contributed by atoms with Crippen LogP contribution in [0.25, 0.3) is 0 Å². The monoisotopic (exact) mass is 756 g/mol. The van der Waals surface area contributed by atoms with Crippen LogP contribution in [0.1, 0.15) is 212 Å². The van der Waals surface area contributed by atoms with Crippen LogP contribution in [0.15, 0.2) is 35.9 Å². The van der Waals surface area contributed by atoms with Gasteiger partial charge in [-0.25, -0.2) is 0 Å². The number of hydrogen-bond donors (Lipinski definition) is 0. The van der Waals surface area contributed by atoms with E-state index < -0.39 is 14.0 Å². The zero-order valence-corrected chi connectivity index (χ0v) is 39.4. The van der Waals surface area contributed by atoms with Crippen molar-refractivity contribution in [1.29, 1.82) is 0 Å². The molecule has 4 heteroatoms. The summed E-state index contributed by atoms with van der Waals surface area (Å²) in [6.07, 6.45) is 17.8. The van der Waals surface area contributed by atoms with Gasteiger partial charge in [-0.1, -0.05) is 206 Å². The van der Waals surface area contributed by atoms with Crippen LogP contribution in [-0.2, 0) is 14.5 Å². The SMILES string of the molecule is CCCCCCCCCCCCOP([O-])OC1C(C(C)(C)C)=CC(c2ccccc2C)(C(C)(C)CC(C)(C)C)CC1(C(C)(C)C)C(C)(C)CC(C)(C)C. The van der Waals surface area contributed by atoms with Gasteiger partial charge in [-0.15, -0.1) is 0 Å². The van der Waals surface area contributed by atoms with Crippen molar-refractivity contribution in [3.8, 4) is 0 Å². The molecule has 1 aromatic carbocycles. The van der Waals surface area contributed by atoms with E-state index in [1.807, 2.05) is 0 Å². The summed E-state index contributed by atoms with van der Waals surface area (Å²) in [4.78, 5) is 14.2. The quantitative estimate of drug-likeness (QED) is 0.0802. The molecule has 308 valence electrons. The number of benzene rings is 1. The predicted molar refractivity (Wildman–Crippen MR) is 232 cm³/mol. The average molecular weight is 756 g/mol. The molecule has 1 aliphatic rings. The highest BCUT2D eigenvalue weighted by molar-refractivity contribution is 7.39. The van der Waals surface area contributed by atoms with Gasteiger partial charge in [-0.3, -0.25) is 0 Å². The molecule has 0 amide bonds. The summed E-state index contributed by atoms with van der Waals surface area (Å²) in [5.74, 6) is 0. The molecule has 0 N–H and O–H groups in total. The second kappa shape index (κ2) is 18.7. The van der Waals surface area contributed by atoms with Gasteiger partial charge in [-0.2, -0.15) is 0 Å². The Bertz CT molecular complexity index is 1280. The fraction of sp³-hybridized carbons (Fsp3) is 0.837. The number of rotatable bonds is 19. The van der Waals surface area contributed by atoms with Crippen LogP contribution in [0.2, 0.25) is 0 Å². The van der Waals surface area contributed by atoms with E-state index in [0.717, 1.165) is 32.1 Å². The predicted octanol–water partition coefficient (Wildman–Crippen LogP) is 15.5. The van der Waals surface area contributed by atoms with Crippen molar-refractivity contribution in [2.75, 3.05) is 6.61 Å². The first-order valence-electron chi connectivity index (χ1n) is 21.6. The molecule has 4 unspecified atom stereocenters. The molecule has 3 nitrogen and oxygen atoms in total. The Balaban J connectivity index is 2.75. The maximum absolute atomic E-state index is 14.2. The largest absolute Gasteiger partial charge is 0.786 e. The molecule has 2 rings (SSSR count). The molecule has 1 aliphatic carbocycles. The van der Waals surface area contributed by atoms with E-state index >= 15 is 0 Å². The topological polar surface area (TPSA) is 41.5 Å². The Morgan fingerprint density at radius 1 is 0.679 bits per heavy atom. The van der Waals surface area contributed by atoms with E-state index in [1.54, 1.807) is 0 Å². The van der Waals surface area contributed by atoms with Gasteiger partial charge < -0.3 is 13.9 Å². The second-order valence-corrected chi connectivity index (χ2v) is 23.9. The van der Waals surface area contributed by atoms with Crippen molar-refractivity contribution >= 4 is 8.60 Å². The summed E-state index contributed by atoms with van der Waals surface area (Å²) >= 11 is 0. The molecule has 0 radical (unpaired) electrons. The Labute approximate surface area is 332 Å². The minimum absolute atomic E-state index is 0.0792. The van der Waals surface area contributed by atoms with Crippen LogP contribution in [0.5, 0.6) is 0 Å². The van der Waals surface area contributed by atoms with Gasteiger partial charge in [-0.05, 0) is 81.8 Å². The molecule has 0 aliphatic heterocycles. The Kier molecular flexibility index (Phi) is 17.1.